The number of hydrogen-bond donors (Lipinski definition) is 0. The molecule has 0 saturated carbocycles. The van der Waals surface area contributed by atoms with Crippen LogP contribution < -0.4 is 0 Å². The van der Waals surface area contributed by atoms with E-state index in [9.17, 15) is 0 Å². The van der Waals surface area contributed by atoms with Gasteiger partial charge in [0.1, 0.15) is 6.54 Å². The fraction of sp³-hybridized carbons (Fsp3) is 0.167. The monoisotopic (exact) mass is 388 g/mol. The summed E-state index contributed by atoms with van der Waals surface area (Å²) in [6, 6.07) is 24.7. The average molecular weight is 389 g/mol. The van der Waals surface area contributed by atoms with Crippen molar-refractivity contribution in [3.63, 3.8) is 0 Å². The summed E-state index contributed by atoms with van der Waals surface area (Å²) in [7, 11) is 6.69. The zero-order valence-corrected chi connectivity index (χ0v) is 17.5. The molecule has 2 aromatic heterocycles. The van der Waals surface area contributed by atoms with Gasteiger partial charge in [0.15, 0.2) is 0 Å². The minimum Gasteiger partial charge on any atom is -0.327 e. The molecule has 3 aromatic carbocycles. The van der Waals surface area contributed by atoms with Crippen LogP contribution in [0, 0.1) is 0 Å². The van der Waals surface area contributed by atoms with Crippen molar-refractivity contribution in [2.24, 2.45) is 0 Å². The van der Waals surface area contributed by atoms with E-state index in [1.54, 1.807) is 0 Å². The predicted molar refractivity (Wildman–Crippen MR) is 122 cm³/mol. The zero-order chi connectivity index (χ0) is 18.6. The van der Waals surface area contributed by atoms with Crippen molar-refractivity contribution in [3.8, 4) is 11.1 Å². The van der Waals surface area contributed by atoms with Crippen molar-refractivity contribution in [3.05, 3.63) is 72.3 Å². The molecular formula is C24H22NS2+. The molecule has 0 amide bonds. The number of quaternary nitrogens is 1. The SMILES string of the molecule is C[N+](C)(C)Cc1ccc(-c2ccc3c(c2)sc2c4ccccc4sc32)cc1. The van der Waals surface area contributed by atoms with E-state index in [4.69, 9.17) is 0 Å². The van der Waals surface area contributed by atoms with Crippen molar-refractivity contribution in [1.82, 2.24) is 0 Å². The second-order valence-corrected chi connectivity index (χ2v) is 10.3. The lowest BCUT2D eigenvalue weighted by molar-refractivity contribution is -0.884. The van der Waals surface area contributed by atoms with Gasteiger partial charge in [0, 0.05) is 25.7 Å². The first-order valence-corrected chi connectivity index (χ1v) is 10.8. The summed E-state index contributed by atoms with van der Waals surface area (Å²) >= 11 is 3.84. The lowest BCUT2D eigenvalue weighted by atomic mass is 10.0. The molecule has 0 aliphatic carbocycles. The number of rotatable bonds is 3. The normalized spacial score (nSPS) is 12.4. The molecule has 5 aromatic rings. The molecule has 0 bridgehead atoms. The van der Waals surface area contributed by atoms with E-state index in [0.717, 1.165) is 11.0 Å². The summed E-state index contributed by atoms with van der Waals surface area (Å²) in [5.41, 5.74) is 3.98. The smallest absolute Gasteiger partial charge is 0.104 e. The molecule has 2 heterocycles. The number of hydrogen-bond acceptors (Lipinski definition) is 2. The van der Waals surface area contributed by atoms with Crippen molar-refractivity contribution in [2.45, 2.75) is 6.54 Å². The Hall–Kier alpha value is -2.20. The summed E-state index contributed by atoms with van der Waals surface area (Å²) in [6.07, 6.45) is 0. The van der Waals surface area contributed by atoms with Crippen molar-refractivity contribution in [2.75, 3.05) is 21.1 Å². The van der Waals surface area contributed by atoms with Gasteiger partial charge in [-0.05, 0) is 23.3 Å². The van der Waals surface area contributed by atoms with E-state index in [2.05, 4.69) is 87.9 Å². The van der Waals surface area contributed by atoms with Crippen LogP contribution in [0.2, 0.25) is 0 Å². The van der Waals surface area contributed by atoms with Crippen LogP contribution in [0.1, 0.15) is 5.56 Å². The average Bonchev–Trinajstić information content (AvgIpc) is 3.16. The molecule has 0 N–H and O–H groups in total. The maximum absolute atomic E-state index is 2.36. The third-order valence-corrected chi connectivity index (χ3v) is 7.45. The van der Waals surface area contributed by atoms with Crippen LogP contribution in [0.5, 0.6) is 0 Å². The number of fused-ring (bicyclic) bond motifs is 5. The standard InChI is InChI=1S/C24H22NS2/c1-25(2,3)15-16-8-10-17(11-9-16)18-12-13-20-22(14-18)27-23-19-6-4-5-7-21(19)26-24(20)23/h4-14H,15H2,1-3H3/q+1. The van der Waals surface area contributed by atoms with Crippen LogP contribution in [-0.4, -0.2) is 25.6 Å². The quantitative estimate of drug-likeness (QED) is 0.288. The van der Waals surface area contributed by atoms with Gasteiger partial charge in [0.25, 0.3) is 0 Å². The van der Waals surface area contributed by atoms with Gasteiger partial charge in [0.05, 0.1) is 30.5 Å². The molecular weight excluding hydrogens is 366 g/mol. The van der Waals surface area contributed by atoms with Gasteiger partial charge < -0.3 is 4.48 Å². The summed E-state index contributed by atoms with van der Waals surface area (Å²) in [6.45, 7) is 1.05. The fourth-order valence-electron chi connectivity index (χ4n) is 3.73. The second kappa shape index (κ2) is 6.16. The Morgan fingerprint density at radius 2 is 1.30 bits per heavy atom. The highest BCUT2D eigenvalue weighted by molar-refractivity contribution is 7.36. The van der Waals surface area contributed by atoms with Gasteiger partial charge in [-0.1, -0.05) is 54.6 Å². The lowest BCUT2D eigenvalue weighted by Crippen LogP contribution is -2.33. The molecule has 134 valence electrons. The maximum Gasteiger partial charge on any atom is 0.104 e. The first-order valence-electron chi connectivity index (χ1n) is 9.21. The molecule has 0 atom stereocenters. The fourth-order valence-corrected chi connectivity index (χ4v) is 6.43. The van der Waals surface area contributed by atoms with E-state index in [-0.39, 0.29) is 0 Å². The van der Waals surface area contributed by atoms with Crippen molar-refractivity contribution >= 4 is 52.2 Å². The largest absolute Gasteiger partial charge is 0.327 e. The number of thiophene rings is 2. The number of nitrogens with zero attached hydrogens (tertiary/aromatic N) is 1. The topological polar surface area (TPSA) is 0 Å². The molecule has 5 rings (SSSR count). The van der Waals surface area contributed by atoms with Crippen LogP contribution in [0.25, 0.3) is 40.7 Å². The molecule has 27 heavy (non-hydrogen) atoms. The summed E-state index contributed by atoms with van der Waals surface area (Å²) < 4.78 is 6.58. The highest BCUT2D eigenvalue weighted by Crippen LogP contribution is 2.44. The van der Waals surface area contributed by atoms with Gasteiger partial charge >= 0.3 is 0 Å². The molecule has 0 saturated heterocycles. The Morgan fingerprint density at radius 1 is 0.667 bits per heavy atom. The van der Waals surface area contributed by atoms with Crippen molar-refractivity contribution < 1.29 is 4.48 Å². The molecule has 3 heteroatoms. The highest BCUT2D eigenvalue weighted by atomic mass is 32.1. The van der Waals surface area contributed by atoms with Gasteiger partial charge in [-0.2, -0.15) is 0 Å². The lowest BCUT2D eigenvalue weighted by Gasteiger charge is -2.23. The molecule has 0 aliphatic rings. The van der Waals surface area contributed by atoms with Gasteiger partial charge in [0.2, 0.25) is 0 Å². The Balaban J connectivity index is 1.57. The Morgan fingerprint density at radius 3 is 2.04 bits per heavy atom. The minimum atomic E-state index is 0.950. The Labute approximate surface area is 167 Å². The second-order valence-electron chi connectivity index (χ2n) is 8.21. The zero-order valence-electron chi connectivity index (χ0n) is 15.8. The van der Waals surface area contributed by atoms with E-state index >= 15 is 0 Å². The van der Waals surface area contributed by atoms with Crippen LogP contribution in [0.15, 0.2) is 66.7 Å². The van der Waals surface area contributed by atoms with E-state index < -0.39 is 0 Å². The number of benzene rings is 3. The third-order valence-electron chi connectivity index (χ3n) is 4.93. The first kappa shape index (κ1) is 16.9. The molecule has 0 fully saturated rings. The van der Waals surface area contributed by atoms with E-state index in [1.165, 1.54) is 46.3 Å². The molecule has 0 radical (unpaired) electrons. The van der Waals surface area contributed by atoms with Gasteiger partial charge in [-0.25, -0.2) is 0 Å². The molecule has 0 spiro atoms. The van der Waals surface area contributed by atoms with Crippen molar-refractivity contribution in [1.29, 1.82) is 0 Å². The maximum atomic E-state index is 2.36. The molecule has 0 aliphatic heterocycles. The van der Waals surface area contributed by atoms with Crippen LogP contribution in [0.3, 0.4) is 0 Å². The minimum absolute atomic E-state index is 0.950. The van der Waals surface area contributed by atoms with Crippen LogP contribution >= 0.6 is 22.7 Å². The highest BCUT2D eigenvalue weighted by Gasteiger charge is 2.13. The predicted octanol–water partition coefficient (Wildman–Crippen LogP) is 7.14. The molecule has 0 unspecified atom stereocenters. The summed E-state index contributed by atoms with van der Waals surface area (Å²) in [5, 5.41) is 2.78. The Kier molecular flexibility index (Phi) is 3.87. The Bertz CT molecular complexity index is 1270. The van der Waals surface area contributed by atoms with Crippen LogP contribution in [-0.2, 0) is 6.54 Å². The molecule has 1 nitrogen and oxygen atoms in total. The van der Waals surface area contributed by atoms with Gasteiger partial charge in [-0.15, -0.1) is 22.7 Å². The third kappa shape index (κ3) is 3.06. The summed E-state index contributed by atoms with van der Waals surface area (Å²) in [5.74, 6) is 0. The van der Waals surface area contributed by atoms with Gasteiger partial charge in [-0.3, -0.25) is 0 Å². The van der Waals surface area contributed by atoms with Crippen LogP contribution in [0.4, 0.5) is 0 Å². The van der Waals surface area contributed by atoms with E-state index in [1.807, 2.05) is 22.7 Å². The summed E-state index contributed by atoms with van der Waals surface area (Å²) in [4.78, 5) is 0. The van der Waals surface area contributed by atoms with E-state index in [0.29, 0.717) is 0 Å². The first-order chi connectivity index (χ1) is 13.0.